The smallest absolute Gasteiger partial charge is 0.258 e. The van der Waals surface area contributed by atoms with Crippen LogP contribution in [0.15, 0.2) is 46.9 Å². The van der Waals surface area contributed by atoms with E-state index in [-0.39, 0.29) is 24.4 Å². The first-order chi connectivity index (χ1) is 11.1. The van der Waals surface area contributed by atoms with E-state index in [1.54, 1.807) is 0 Å². The monoisotopic (exact) mass is 379 g/mol. The van der Waals surface area contributed by atoms with Crippen LogP contribution in [0, 0.1) is 5.82 Å². The van der Waals surface area contributed by atoms with Crippen molar-refractivity contribution in [1.82, 2.24) is 5.32 Å². The van der Waals surface area contributed by atoms with Gasteiger partial charge in [-0.25, -0.2) is 4.39 Å². The van der Waals surface area contributed by atoms with Gasteiger partial charge in [-0.1, -0.05) is 18.2 Å². The number of rotatable bonds is 4. The van der Waals surface area contributed by atoms with Gasteiger partial charge in [-0.05, 0) is 40.2 Å². The number of halogens is 2. The topological polar surface area (TPSA) is 47.6 Å². The Morgan fingerprint density at radius 2 is 2.17 bits per heavy atom. The number of benzene rings is 2. The van der Waals surface area contributed by atoms with Crippen LogP contribution in [0.25, 0.3) is 0 Å². The predicted octanol–water partition coefficient (Wildman–Crippen LogP) is 3.61. The number of fused-ring (bicyclic) bond motifs is 1. The van der Waals surface area contributed by atoms with Crippen LogP contribution in [-0.2, 0) is 4.79 Å². The molecule has 120 valence electrons. The summed E-state index contributed by atoms with van der Waals surface area (Å²) in [6.45, 7) is 0.427. The normalized spacial score (nSPS) is 16.2. The molecule has 0 radical (unpaired) electrons. The number of nitrogens with one attached hydrogen (secondary N) is 1. The molecule has 0 fully saturated rings. The largest absolute Gasteiger partial charge is 0.493 e. The minimum Gasteiger partial charge on any atom is -0.493 e. The lowest BCUT2D eigenvalue weighted by molar-refractivity contribution is -0.124. The van der Waals surface area contributed by atoms with Crippen LogP contribution < -0.4 is 14.8 Å². The van der Waals surface area contributed by atoms with E-state index >= 15 is 0 Å². The molecule has 2 aromatic carbocycles. The Morgan fingerprint density at radius 1 is 1.35 bits per heavy atom. The Balaban J connectivity index is 1.60. The molecule has 0 bridgehead atoms. The van der Waals surface area contributed by atoms with Crippen LogP contribution in [0.1, 0.15) is 18.0 Å². The van der Waals surface area contributed by atoms with Gasteiger partial charge in [0, 0.05) is 12.0 Å². The van der Waals surface area contributed by atoms with Crippen LogP contribution >= 0.6 is 15.9 Å². The zero-order valence-corrected chi connectivity index (χ0v) is 13.8. The van der Waals surface area contributed by atoms with Crippen LogP contribution in [0.2, 0.25) is 0 Å². The molecule has 1 aliphatic heterocycles. The highest BCUT2D eigenvalue weighted by atomic mass is 79.9. The second kappa shape index (κ2) is 7.00. The maximum atomic E-state index is 13.0. The van der Waals surface area contributed by atoms with Crippen molar-refractivity contribution in [3.8, 4) is 11.5 Å². The van der Waals surface area contributed by atoms with Gasteiger partial charge < -0.3 is 14.8 Å². The van der Waals surface area contributed by atoms with Crippen molar-refractivity contribution in [2.24, 2.45) is 0 Å². The summed E-state index contributed by atoms with van der Waals surface area (Å²) in [4.78, 5) is 12.1. The standard InChI is InChI=1S/C17H15BrFNO3/c18-13-9-11(19)5-6-16(13)23-10-17(21)20-14-7-8-22-15-4-2-1-3-12(14)15/h1-6,9,14H,7-8,10H2,(H,20,21)/t14-/m0/s1. The van der Waals surface area contributed by atoms with Gasteiger partial charge in [-0.15, -0.1) is 0 Å². The minimum atomic E-state index is -0.368. The molecule has 0 saturated carbocycles. The maximum absolute atomic E-state index is 13.0. The van der Waals surface area contributed by atoms with E-state index in [1.165, 1.54) is 18.2 Å². The van der Waals surface area contributed by atoms with E-state index in [2.05, 4.69) is 21.2 Å². The molecule has 0 unspecified atom stereocenters. The second-order valence-electron chi connectivity index (χ2n) is 5.16. The van der Waals surface area contributed by atoms with Crippen molar-refractivity contribution >= 4 is 21.8 Å². The summed E-state index contributed by atoms with van der Waals surface area (Å²) in [7, 11) is 0. The lowest BCUT2D eigenvalue weighted by Crippen LogP contribution is -2.35. The third kappa shape index (κ3) is 3.82. The predicted molar refractivity (Wildman–Crippen MR) is 87.0 cm³/mol. The summed E-state index contributed by atoms with van der Waals surface area (Å²) in [5.41, 5.74) is 0.968. The third-order valence-corrected chi connectivity index (χ3v) is 4.17. The van der Waals surface area contributed by atoms with Crippen molar-refractivity contribution in [3.63, 3.8) is 0 Å². The van der Waals surface area contributed by atoms with E-state index < -0.39 is 0 Å². The third-order valence-electron chi connectivity index (χ3n) is 3.55. The Labute approximate surface area is 141 Å². The fraction of sp³-hybridized carbons (Fsp3) is 0.235. The molecule has 0 aliphatic carbocycles. The fourth-order valence-electron chi connectivity index (χ4n) is 2.46. The molecular formula is C17H15BrFNO3. The summed E-state index contributed by atoms with van der Waals surface area (Å²) in [5.74, 6) is 0.621. The molecule has 2 aromatic rings. The Hall–Kier alpha value is -2.08. The number of amides is 1. The summed E-state index contributed by atoms with van der Waals surface area (Å²) in [6, 6.07) is 11.6. The van der Waals surface area contributed by atoms with Gasteiger partial charge in [-0.3, -0.25) is 4.79 Å². The Kier molecular flexibility index (Phi) is 4.81. The van der Waals surface area contributed by atoms with Crippen LogP contribution in [0.5, 0.6) is 11.5 Å². The van der Waals surface area contributed by atoms with Crippen LogP contribution in [0.4, 0.5) is 4.39 Å². The molecule has 1 N–H and O–H groups in total. The van der Waals surface area contributed by atoms with Crippen LogP contribution in [-0.4, -0.2) is 19.1 Å². The molecule has 1 aliphatic rings. The Morgan fingerprint density at radius 3 is 3.00 bits per heavy atom. The van der Waals surface area contributed by atoms with Crippen molar-refractivity contribution in [1.29, 1.82) is 0 Å². The van der Waals surface area contributed by atoms with E-state index in [9.17, 15) is 9.18 Å². The van der Waals surface area contributed by atoms with Crippen molar-refractivity contribution in [2.75, 3.05) is 13.2 Å². The number of hydrogen-bond acceptors (Lipinski definition) is 3. The number of carbonyl (C=O) groups excluding carboxylic acids is 1. The quantitative estimate of drug-likeness (QED) is 0.882. The minimum absolute atomic E-state index is 0.0901. The molecule has 4 nitrogen and oxygen atoms in total. The maximum Gasteiger partial charge on any atom is 0.258 e. The van der Waals surface area contributed by atoms with Gasteiger partial charge in [0.15, 0.2) is 6.61 Å². The highest BCUT2D eigenvalue weighted by Crippen LogP contribution is 2.31. The summed E-state index contributed by atoms with van der Waals surface area (Å²) >= 11 is 3.20. The molecule has 0 aromatic heterocycles. The van der Waals surface area contributed by atoms with Crippen molar-refractivity contribution in [2.45, 2.75) is 12.5 Å². The molecule has 0 saturated heterocycles. The fourth-order valence-corrected chi connectivity index (χ4v) is 2.93. The lowest BCUT2D eigenvalue weighted by Gasteiger charge is -2.26. The summed E-state index contributed by atoms with van der Waals surface area (Å²) < 4.78 is 24.5. The van der Waals surface area contributed by atoms with E-state index in [4.69, 9.17) is 9.47 Å². The van der Waals surface area contributed by atoms with Gasteiger partial charge in [0.25, 0.3) is 5.91 Å². The second-order valence-corrected chi connectivity index (χ2v) is 6.01. The number of carbonyl (C=O) groups is 1. The zero-order valence-electron chi connectivity index (χ0n) is 12.2. The summed E-state index contributed by atoms with van der Waals surface area (Å²) in [5, 5.41) is 2.94. The number of para-hydroxylation sites is 1. The molecule has 1 amide bonds. The van der Waals surface area contributed by atoms with Crippen molar-refractivity contribution in [3.05, 3.63) is 58.3 Å². The zero-order chi connectivity index (χ0) is 16.2. The van der Waals surface area contributed by atoms with Gasteiger partial charge in [0.1, 0.15) is 17.3 Å². The van der Waals surface area contributed by atoms with Gasteiger partial charge in [-0.2, -0.15) is 0 Å². The lowest BCUT2D eigenvalue weighted by atomic mass is 10.0. The molecule has 3 rings (SSSR count). The molecule has 1 heterocycles. The Bertz CT molecular complexity index is 723. The average molecular weight is 380 g/mol. The molecule has 6 heteroatoms. The first-order valence-corrected chi connectivity index (χ1v) is 8.02. The first-order valence-electron chi connectivity index (χ1n) is 7.22. The van der Waals surface area contributed by atoms with E-state index in [1.807, 2.05) is 24.3 Å². The molecular weight excluding hydrogens is 365 g/mol. The SMILES string of the molecule is O=C(COc1ccc(F)cc1Br)N[C@H]1CCOc2ccccc21. The highest BCUT2D eigenvalue weighted by molar-refractivity contribution is 9.10. The van der Waals surface area contributed by atoms with E-state index in [0.29, 0.717) is 23.2 Å². The van der Waals surface area contributed by atoms with E-state index in [0.717, 1.165) is 11.3 Å². The van der Waals surface area contributed by atoms with Gasteiger partial charge in [0.05, 0.1) is 17.1 Å². The number of hydrogen-bond donors (Lipinski definition) is 1. The molecule has 0 spiro atoms. The highest BCUT2D eigenvalue weighted by Gasteiger charge is 2.22. The van der Waals surface area contributed by atoms with Crippen molar-refractivity contribution < 1.29 is 18.7 Å². The van der Waals surface area contributed by atoms with Gasteiger partial charge in [0.2, 0.25) is 0 Å². The van der Waals surface area contributed by atoms with Crippen LogP contribution in [0.3, 0.4) is 0 Å². The molecule has 23 heavy (non-hydrogen) atoms. The van der Waals surface area contributed by atoms with Gasteiger partial charge >= 0.3 is 0 Å². The first kappa shape index (κ1) is 15.8. The average Bonchev–Trinajstić information content (AvgIpc) is 2.54. The number of ether oxygens (including phenoxy) is 2. The molecule has 1 atom stereocenters. The summed E-state index contributed by atoms with van der Waals surface area (Å²) in [6.07, 6.45) is 0.711.